The molecular formula is C23H32FIN4O3. The van der Waals surface area contributed by atoms with Gasteiger partial charge in [0.2, 0.25) is 0 Å². The van der Waals surface area contributed by atoms with Gasteiger partial charge in [0.25, 0.3) is 5.91 Å². The number of benzene rings is 2. The molecular weight excluding hydrogens is 526 g/mol. The number of likely N-dealkylation sites (N-methyl/N-ethyl adjacent to an activating group) is 1. The van der Waals surface area contributed by atoms with Gasteiger partial charge in [-0.3, -0.25) is 9.79 Å². The Labute approximate surface area is 206 Å². The standard InChI is InChI=1S/C23H31FN4O3.HI/c1-4-18(31-21-12-7-6-11-20(21)24)15-28-23(25-3)27-14-17-9-8-10-19(13-17)30-16-22(29)26-5-2;/h6-13,18H,4-5,14-16H2,1-3H3,(H,26,29)(H2,25,27,28);1H. The van der Waals surface area contributed by atoms with Gasteiger partial charge in [-0.15, -0.1) is 24.0 Å². The van der Waals surface area contributed by atoms with Gasteiger partial charge in [-0.05, 0) is 43.2 Å². The highest BCUT2D eigenvalue weighted by Gasteiger charge is 2.12. The van der Waals surface area contributed by atoms with E-state index >= 15 is 0 Å². The third-order valence-electron chi connectivity index (χ3n) is 4.41. The van der Waals surface area contributed by atoms with Gasteiger partial charge >= 0.3 is 0 Å². The van der Waals surface area contributed by atoms with Crippen LogP contribution in [0, 0.1) is 5.82 Å². The molecule has 7 nitrogen and oxygen atoms in total. The van der Waals surface area contributed by atoms with Gasteiger partial charge in [0, 0.05) is 20.1 Å². The van der Waals surface area contributed by atoms with Gasteiger partial charge in [0.15, 0.2) is 24.1 Å². The summed E-state index contributed by atoms with van der Waals surface area (Å²) in [7, 11) is 1.68. The Morgan fingerprint density at radius 2 is 1.88 bits per heavy atom. The van der Waals surface area contributed by atoms with Gasteiger partial charge in [-0.2, -0.15) is 0 Å². The number of nitrogens with zero attached hydrogens (tertiary/aromatic N) is 1. The first-order valence-electron chi connectivity index (χ1n) is 10.4. The number of para-hydroxylation sites is 1. The molecule has 1 unspecified atom stereocenters. The summed E-state index contributed by atoms with van der Waals surface area (Å²) in [6.07, 6.45) is 0.505. The average Bonchev–Trinajstić information content (AvgIpc) is 2.78. The number of halogens is 2. The van der Waals surface area contributed by atoms with E-state index in [9.17, 15) is 9.18 Å². The van der Waals surface area contributed by atoms with Gasteiger partial charge in [-0.25, -0.2) is 4.39 Å². The average molecular weight is 558 g/mol. The van der Waals surface area contributed by atoms with Gasteiger partial charge in [0.1, 0.15) is 11.9 Å². The van der Waals surface area contributed by atoms with E-state index in [0.29, 0.717) is 37.8 Å². The van der Waals surface area contributed by atoms with Crippen LogP contribution < -0.4 is 25.4 Å². The molecule has 0 saturated heterocycles. The number of ether oxygens (including phenoxy) is 2. The minimum absolute atomic E-state index is 0. The number of hydrogen-bond acceptors (Lipinski definition) is 4. The van der Waals surface area contributed by atoms with E-state index in [0.717, 1.165) is 5.56 Å². The molecule has 176 valence electrons. The summed E-state index contributed by atoms with van der Waals surface area (Å²) < 4.78 is 25.1. The second-order valence-corrected chi connectivity index (χ2v) is 6.77. The molecule has 32 heavy (non-hydrogen) atoms. The fraction of sp³-hybridized carbons (Fsp3) is 0.391. The van der Waals surface area contributed by atoms with Crippen molar-refractivity contribution in [1.29, 1.82) is 0 Å². The molecule has 0 aromatic heterocycles. The molecule has 2 aromatic rings. The summed E-state index contributed by atoms with van der Waals surface area (Å²) in [6.45, 7) is 5.38. The SMILES string of the molecule is CCNC(=O)COc1cccc(CNC(=NC)NCC(CC)Oc2ccccc2F)c1.I. The molecule has 0 aliphatic carbocycles. The lowest BCUT2D eigenvalue weighted by Gasteiger charge is -2.20. The lowest BCUT2D eigenvalue weighted by atomic mass is 10.2. The first-order valence-corrected chi connectivity index (χ1v) is 10.4. The molecule has 0 aliphatic heterocycles. The third kappa shape index (κ3) is 9.71. The topological polar surface area (TPSA) is 84.0 Å². The summed E-state index contributed by atoms with van der Waals surface area (Å²) in [5.41, 5.74) is 0.978. The van der Waals surface area contributed by atoms with Crippen molar-refractivity contribution in [2.24, 2.45) is 4.99 Å². The zero-order valence-electron chi connectivity index (χ0n) is 18.7. The maximum Gasteiger partial charge on any atom is 0.257 e. The molecule has 3 N–H and O–H groups in total. The van der Waals surface area contributed by atoms with Crippen LogP contribution in [0.1, 0.15) is 25.8 Å². The van der Waals surface area contributed by atoms with Gasteiger partial charge in [0.05, 0.1) is 6.54 Å². The summed E-state index contributed by atoms with van der Waals surface area (Å²) in [5, 5.41) is 9.13. The summed E-state index contributed by atoms with van der Waals surface area (Å²) in [5.74, 6) is 0.932. The Kier molecular flexibility index (Phi) is 13.1. The third-order valence-corrected chi connectivity index (χ3v) is 4.41. The van der Waals surface area contributed by atoms with Crippen LogP contribution in [0.4, 0.5) is 4.39 Å². The van der Waals surface area contributed by atoms with Gasteiger partial charge < -0.3 is 25.4 Å². The van der Waals surface area contributed by atoms with Crippen LogP contribution in [0.5, 0.6) is 11.5 Å². The molecule has 1 amide bonds. The van der Waals surface area contributed by atoms with E-state index in [1.165, 1.54) is 6.07 Å². The second-order valence-electron chi connectivity index (χ2n) is 6.77. The summed E-state index contributed by atoms with van der Waals surface area (Å²) in [4.78, 5) is 15.8. The molecule has 0 saturated carbocycles. The zero-order chi connectivity index (χ0) is 22.5. The molecule has 2 rings (SSSR count). The second kappa shape index (κ2) is 15.3. The molecule has 0 aliphatic rings. The number of carbonyl (C=O) groups excluding carboxylic acids is 1. The number of rotatable bonds is 11. The van der Waals surface area contributed by atoms with E-state index in [2.05, 4.69) is 20.9 Å². The maximum absolute atomic E-state index is 13.8. The normalized spacial score (nSPS) is 11.7. The van der Waals surface area contributed by atoms with Crippen molar-refractivity contribution in [2.45, 2.75) is 32.9 Å². The highest BCUT2D eigenvalue weighted by atomic mass is 127. The van der Waals surface area contributed by atoms with Crippen LogP contribution in [-0.4, -0.2) is 44.7 Å². The molecule has 0 heterocycles. The van der Waals surface area contributed by atoms with Crippen LogP contribution in [0.15, 0.2) is 53.5 Å². The van der Waals surface area contributed by atoms with Crippen LogP contribution in [0.3, 0.4) is 0 Å². The number of nitrogens with one attached hydrogen (secondary N) is 3. The van der Waals surface area contributed by atoms with Crippen molar-refractivity contribution in [3.05, 3.63) is 59.9 Å². The maximum atomic E-state index is 13.8. The highest BCUT2D eigenvalue weighted by molar-refractivity contribution is 14.0. The van der Waals surface area contributed by atoms with Crippen molar-refractivity contribution < 1.29 is 18.7 Å². The lowest BCUT2D eigenvalue weighted by molar-refractivity contribution is -0.122. The summed E-state index contributed by atoms with van der Waals surface area (Å²) >= 11 is 0. The Hall–Kier alpha value is -2.56. The Bertz CT molecular complexity index is 867. The fourth-order valence-electron chi connectivity index (χ4n) is 2.75. The van der Waals surface area contributed by atoms with E-state index in [-0.39, 0.29) is 54.2 Å². The van der Waals surface area contributed by atoms with E-state index in [4.69, 9.17) is 9.47 Å². The molecule has 0 fully saturated rings. The van der Waals surface area contributed by atoms with Crippen LogP contribution in [0.25, 0.3) is 0 Å². The number of aliphatic imine (C=N–C) groups is 1. The van der Waals surface area contributed by atoms with Crippen molar-refractivity contribution >= 4 is 35.8 Å². The zero-order valence-corrected chi connectivity index (χ0v) is 21.0. The summed E-state index contributed by atoms with van der Waals surface area (Å²) in [6, 6.07) is 13.9. The van der Waals surface area contributed by atoms with Crippen LogP contribution in [-0.2, 0) is 11.3 Å². The van der Waals surface area contributed by atoms with Crippen molar-refractivity contribution in [1.82, 2.24) is 16.0 Å². The van der Waals surface area contributed by atoms with Crippen molar-refractivity contribution in [3.63, 3.8) is 0 Å². The number of hydrogen-bond donors (Lipinski definition) is 3. The molecule has 1 atom stereocenters. The molecule has 9 heteroatoms. The monoisotopic (exact) mass is 558 g/mol. The largest absolute Gasteiger partial charge is 0.486 e. The molecule has 0 spiro atoms. The number of carbonyl (C=O) groups is 1. The number of guanidine groups is 1. The molecule has 2 aromatic carbocycles. The predicted molar refractivity (Wildman–Crippen MR) is 135 cm³/mol. The Balaban J connectivity index is 0.00000512. The van der Waals surface area contributed by atoms with Crippen molar-refractivity contribution in [3.8, 4) is 11.5 Å². The lowest BCUT2D eigenvalue weighted by Crippen LogP contribution is -2.42. The minimum atomic E-state index is -0.377. The predicted octanol–water partition coefficient (Wildman–Crippen LogP) is 3.48. The van der Waals surface area contributed by atoms with Crippen LogP contribution >= 0.6 is 24.0 Å². The van der Waals surface area contributed by atoms with E-state index in [1.807, 2.05) is 38.1 Å². The smallest absolute Gasteiger partial charge is 0.257 e. The Morgan fingerprint density at radius 1 is 1.09 bits per heavy atom. The fourth-order valence-corrected chi connectivity index (χ4v) is 2.75. The van der Waals surface area contributed by atoms with E-state index in [1.54, 1.807) is 25.2 Å². The quantitative estimate of drug-likeness (QED) is 0.224. The minimum Gasteiger partial charge on any atom is -0.486 e. The molecule has 0 radical (unpaired) electrons. The highest BCUT2D eigenvalue weighted by Crippen LogP contribution is 2.18. The van der Waals surface area contributed by atoms with E-state index < -0.39 is 0 Å². The molecule has 0 bridgehead atoms. The first kappa shape index (κ1) is 27.5. The number of amides is 1. The van der Waals surface area contributed by atoms with Crippen molar-refractivity contribution in [2.75, 3.05) is 26.7 Å². The van der Waals surface area contributed by atoms with Crippen LogP contribution in [0.2, 0.25) is 0 Å². The Morgan fingerprint density at radius 3 is 2.56 bits per heavy atom. The van der Waals surface area contributed by atoms with Gasteiger partial charge in [-0.1, -0.05) is 31.2 Å². The first-order chi connectivity index (χ1) is 15.0.